The minimum absolute atomic E-state index is 0.354. The van der Waals surface area contributed by atoms with E-state index in [0.29, 0.717) is 21.6 Å². The van der Waals surface area contributed by atoms with E-state index >= 15 is 0 Å². The van der Waals surface area contributed by atoms with Gasteiger partial charge in [0.2, 0.25) is 0 Å². The highest BCUT2D eigenvalue weighted by Crippen LogP contribution is 2.34. The molecule has 1 atom stereocenters. The smallest absolute Gasteiger partial charge is 0.145 e. The van der Waals surface area contributed by atoms with E-state index < -0.39 is 6.10 Å². The first-order valence-electron chi connectivity index (χ1n) is 7.76. The number of aromatic nitrogens is 1. The summed E-state index contributed by atoms with van der Waals surface area (Å²) in [7, 11) is 0. The van der Waals surface area contributed by atoms with Crippen LogP contribution < -0.4 is 4.74 Å². The fourth-order valence-electron chi connectivity index (χ4n) is 2.05. The van der Waals surface area contributed by atoms with Crippen molar-refractivity contribution in [1.29, 1.82) is 0 Å². The van der Waals surface area contributed by atoms with Crippen LogP contribution in [-0.2, 0) is 0 Å². The molecule has 3 nitrogen and oxygen atoms in total. The van der Waals surface area contributed by atoms with Crippen LogP contribution in [0.1, 0.15) is 32.8 Å². The number of halogens is 2. The molecule has 24 heavy (non-hydrogen) atoms. The fraction of sp³-hybridized carbons (Fsp3) is 0.316. The number of aliphatic hydroxyl groups excluding tert-OH is 1. The van der Waals surface area contributed by atoms with Crippen molar-refractivity contribution in [3.05, 3.63) is 64.1 Å². The van der Waals surface area contributed by atoms with Gasteiger partial charge < -0.3 is 9.84 Å². The Balaban J connectivity index is 2.41. The molecule has 0 saturated carbocycles. The van der Waals surface area contributed by atoms with Crippen molar-refractivity contribution in [1.82, 2.24) is 4.98 Å². The molecular weight excluding hydrogens is 345 g/mol. The van der Waals surface area contributed by atoms with Gasteiger partial charge in [-0.25, -0.2) is 0 Å². The number of rotatable bonds is 6. The van der Waals surface area contributed by atoms with Gasteiger partial charge in [0.15, 0.2) is 0 Å². The summed E-state index contributed by atoms with van der Waals surface area (Å²) in [6.07, 6.45) is 5.17. The topological polar surface area (TPSA) is 42.4 Å². The zero-order valence-corrected chi connectivity index (χ0v) is 15.5. The van der Waals surface area contributed by atoms with E-state index in [1.807, 2.05) is 32.9 Å². The quantitative estimate of drug-likeness (QED) is 0.676. The molecule has 0 radical (unpaired) electrons. The molecule has 0 saturated heterocycles. The average molecular weight is 366 g/mol. The summed E-state index contributed by atoms with van der Waals surface area (Å²) in [4.78, 5) is 4.09. The molecule has 0 aliphatic carbocycles. The van der Waals surface area contributed by atoms with Gasteiger partial charge in [0, 0.05) is 17.4 Å². The van der Waals surface area contributed by atoms with E-state index in [-0.39, 0.29) is 5.41 Å². The summed E-state index contributed by atoms with van der Waals surface area (Å²) >= 11 is 12.1. The Kier molecular flexibility index (Phi) is 6.27. The van der Waals surface area contributed by atoms with Crippen LogP contribution in [0, 0.1) is 5.41 Å². The molecule has 2 aromatic rings. The van der Waals surface area contributed by atoms with Crippen LogP contribution in [0.15, 0.2) is 48.5 Å². The van der Waals surface area contributed by atoms with Crippen molar-refractivity contribution in [3.8, 4) is 5.75 Å². The zero-order valence-electron chi connectivity index (χ0n) is 14.0. The highest BCUT2D eigenvalue weighted by atomic mass is 35.5. The van der Waals surface area contributed by atoms with E-state index in [1.165, 1.54) is 0 Å². The number of aliphatic hydroxyl groups is 1. The molecule has 2 rings (SSSR count). The second-order valence-electron chi connectivity index (χ2n) is 6.25. The lowest BCUT2D eigenvalue weighted by molar-refractivity contribution is 0.0496. The monoisotopic (exact) mass is 365 g/mol. The third-order valence-electron chi connectivity index (χ3n) is 4.04. The number of hydrogen-bond donors (Lipinski definition) is 1. The first-order chi connectivity index (χ1) is 11.3. The van der Waals surface area contributed by atoms with Gasteiger partial charge in [-0.3, -0.25) is 4.98 Å². The second kappa shape index (κ2) is 8.02. The Hall–Kier alpha value is -1.55. The van der Waals surface area contributed by atoms with Crippen molar-refractivity contribution in [3.63, 3.8) is 0 Å². The molecule has 0 bridgehead atoms. The van der Waals surface area contributed by atoms with E-state index in [1.54, 1.807) is 36.7 Å². The van der Waals surface area contributed by atoms with Crippen molar-refractivity contribution < 1.29 is 9.84 Å². The molecule has 1 N–H and O–H groups in total. The number of ether oxygens (including phenoxy) is 1. The highest BCUT2D eigenvalue weighted by molar-refractivity contribution is 6.35. The SMILES string of the molecule is CCC(C)(C)C(O)C(=Cc1cccnc1)Oc1ccc(Cl)cc1Cl. The molecule has 1 unspecified atom stereocenters. The minimum Gasteiger partial charge on any atom is -0.457 e. The lowest BCUT2D eigenvalue weighted by Crippen LogP contribution is -2.32. The average Bonchev–Trinajstić information content (AvgIpc) is 2.56. The van der Waals surface area contributed by atoms with Gasteiger partial charge in [0.1, 0.15) is 17.6 Å². The second-order valence-corrected chi connectivity index (χ2v) is 7.10. The van der Waals surface area contributed by atoms with Crippen LogP contribution in [-0.4, -0.2) is 16.2 Å². The molecule has 0 spiro atoms. The van der Waals surface area contributed by atoms with Crippen LogP contribution in [0.4, 0.5) is 0 Å². The van der Waals surface area contributed by atoms with E-state index in [9.17, 15) is 5.11 Å². The molecule has 5 heteroatoms. The summed E-state index contributed by atoms with van der Waals surface area (Å²) in [6, 6.07) is 8.72. The Bertz CT molecular complexity index is 715. The summed E-state index contributed by atoms with van der Waals surface area (Å²) in [5, 5.41) is 11.7. The standard InChI is InChI=1S/C19H21Cl2NO2/c1-4-19(2,3)18(23)17(10-13-6-5-9-22-12-13)24-16-8-7-14(20)11-15(16)21/h5-12,18,23H,4H2,1-3H3. The largest absolute Gasteiger partial charge is 0.457 e. The summed E-state index contributed by atoms with van der Waals surface area (Å²) in [5.41, 5.74) is 0.482. The normalized spacial score (nSPS) is 13.7. The number of nitrogens with zero attached hydrogens (tertiary/aromatic N) is 1. The van der Waals surface area contributed by atoms with Crippen LogP contribution in [0.5, 0.6) is 5.75 Å². The molecule has 1 heterocycles. The van der Waals surface area contributed by atoms with Gasteiger partial charge in [-0.15, -0.1) is 0 Å². The van der Waals surface area contributed by atoms with Crippen LogP contribution in [0.25, 0.3) is 6.08 Å². The molecule has 0 fully saturated rings. The maximum Gasteiger partial charge on any atom is 0.145 e. The van der Waals surface area contributed by atoms with Gasteiger partial charge in [0.05, 0.1) is 5.02 Å². The molecule has 128 valence electrons. The van der Waals surface area contributed by atoms with Crippen LogP contribution >= 0.6 is 23.2 Å². The Morgan fingerprint density at radius 2 is 2.08 bits per heavy atom. The Morgan fingerprint density at radius 1 is 1.33 bits per heavy atom. The van der Waals surface area contributed by atoms with E-state index in [0.717, 1.165) is 12.0 Å². The molecule has 0 aliphatic rings. The first-order valence-corrected chi connectivity index (χ1v) is 8.51. The summed E-state index contributed by atoms with van der Waals surface area (Å²) in [6.45, 7) is 6.00. The van der Waals surface area contributed by atoms with E-state index in [2.05, 4.69) is 4.98 Å². The van der Waals surface area contributed by atoms with Crippen molar-refractivity contribution in [2.24, 2.45) is 5.41 Å². The van der Waals surface area contributed by atoms with Crippen molar-refractivity contribution in [2.75, 3.05) is 0 Å². The van der Waals surface area contributed by atoms with Crippen molar-refractivity contribution in [2.45, 2.75) is 33.3 Å². The number of pyridine rings is 1. The fourth-order valence-corrected chi connectivity index (χ4v) is 2.50. The third-order valence-corrected chi connectivity index (χ3v) is 4.57. The van der Waals surface area contributed by atoms with Crippen LogP contribution in [0.2, 0.25) is 10.0 Å². The molecule has 0 aliphatic heterocycles. The number of benzene rings is 1. The van der Waals surface area contributed by atoms with E-state index in [4.69, 9.17) is 27.9 Å². The molecule has 1 aromatic carbocycles. The van der Waals surface area contributed by atoms with Gasteiger partial charge in [-0.1, -0.05) is 50.0 Å². The maximum absolute atomic E-state index is 10.8. The van der Waals surface area contributed by atoms with Gasteiger partial charge in [0.25, 0.3) is 0 Å². The van der Waals surface area contributed by atoms with Crippen LogP contribution in [0.3, 0.4) is 0 Å². The van der Waals surface area contributed by atoms with Gasteiger partial charge in [-0.2, -0.15) is 0 Å². The first kappa shape index (κ1) is 18.8. The zero-order chi connectivity index (χ0) is 17.7. The number of hydrogen-bond acceptors (Lipinski definition) is 3. The van der Waals surface area contributed by atoms with Gasteiger partial charge in [-0.05, 0) is 47.7 Å². The maximum atomic E-state index is 10.8. The van der Waals surface area contributed by atoms with Crippen molar-refractivity contribution >= 4 is 29.3 Å². The third kappa shape index (κ3) is 4.73. The molecule has 1 aromatic heterocycles. The minimum atomic E-state index is -0.797. The lowest BCUT2D eigenvalue weighted by atomic mass is 9.82. The predicted octanol–water partition coefficient (Wildman–Crippen LogP) is 5.61. The predicted molar refractivity (Wildman–Crippen MR) is 99.4 cm³/mol. The highest BCUT2D eigenvalue weighted by Gasteiger charge is 2.31. The lowest BCUT2D eigenvalue weighted by Gasteiger charge is -2.31. The molecule has 0 amide bonds. The molecular formula is C19H21Cl2NO2. The Labute approximate surface area is 152 Å². The summed E-state index contributed by atoms with van der Waals surface area (Å²) in [5.74, 6) is 0.862. The summed E-state index contributed by atoms with van der Waals surface area (Å²) < 4.78 is 5.95. The Morgan fingerprint density at radius 3 is 2.67 bits per heavy atom. The van der Waals surface area contributed by atoms with Gasteiger partial charge >= 0.3 is 0 Å².